The number of benzene rings is 2. The molecule has 1 N–H and O–H groups in total. The van der Waals surface area contributed by atoms with Crippen LogP contribution in [0.25, 0.3) is 22.3 Å². The third-order valence-corrected chi connectivity index (χ3v) is 4.53. The van der Waals surface area contributed by atoms with Gasteiger partial charge in [-0.05, 0) is 30.5 Å². The number of hydrogen-bond acceptors (Lipinski definition) is 4. The number of hydrogen-bond donors (Lipinski definition) is 1. The largest absolute Gasteiger partial charge is 0.373 e. The van der Waals surface area contributed by atoms with E-state index in [0.717, 1.165) is 32.6 Å². The SMILES string of the molecule is CNc1nc(-c2ccccc2SC)nc2ccc(Br)cc12. The molecule has 0 saturated heterocycles. The van der Waals surface area contributed by atoms with Gasteiger partial charge in [0.2, 0.25) is 0 Å². The van der Waals surface area contributed by atoms with Crippen LogP contribution in [0.5, 0.6) is 0 Å². The van der Waals surface area contributed by atoms with E-state index >= 15 is 0 Å². The first-order valence-electron chi connectivity index (χ1n) is 6.51. The summed E-state index contributed by atoms with van der Waals surface area (Å²) in [6.07, 6.45) is 2.07. The number of halogens is 1. The van der Waals surface area contributed by atoms with Crippen LogP contribution < -0.4 is 5.32 Å². The zero-order valence-electron chi connectivity index (χ0n) is 11.7. The average molecular weight is 360 g/mol. The highest BCUT2D eigenvalue weighted by Crippen LogP contribution is 2.31. The minimum atomic E-state index is 0.749. The summed E-state index contributed by atoms with van der Waals surface area (Å²) in [5.41, 5.74) is 2.00. The van der Waals surface area contributed by atoms with Crippen molar-refractivity contribution in [3.05, 3.63) is 46.9 Å². The Hall–Kier alpha value is -1.59. The van der Waals surface area contributed by atoms with E-state index in [4.69, 9.17) is 4.98 Å². The Balaban J connectivity index is 2.27. The van der Waals surface area contributed by atoms with Gasteiger partial charge in [0, 0.05) is 27.4 Å². The Bertz CT molecular complexity index is 805. The summed E-state index contributed by atoms with van der Waals surface area (Å²) in [4.78, 5) is 10.6. The van der Waals surface area contributed by atoms with Crippen LogP contribution in [0.15, 0.2) is 51.8 Å². The Labute approximate surface area is 136 Å². The van der Waals surface area contributed by atoms with Crippen molar-refractivity contribution < 1.29 is 0 Å². The second kappa shape index (κ2) is 6.03. The van der Waals surface area contributed by atoms with Gasteiger partial charge in [-0.15, -0.1) is 11.8 Å². The molecule has 0 unspecified atom stereocenters. The highest BCUT2D eigenvalue weighted by Gasteiger charge is 2.11. The summed E-state index contributed by atoms with van der Waals surface area (Å²) in [6.45, 7) is 0. The van der Waals surface area contributed by atoms with Gasteiger partial charge in [-0.3, -0.25) is 0 Å². The molecule has 3 nitrogen and oxygen atoms in total. The summed E-state index contributed by atoms with van der Waals surface area (Å²) in [5.74, 6) is 1.59. The van der Waals surface area contributed by atoms with Crippen molar-refractivity contribution in [2.75, 3.05) is 18.6 Å². The zero-order chi connectivity index (χ0) is 14.8. The predicted octanol–water partition coefficient (Wildman–Crippen LogP) is 4.82. The fraction of sp³-hybridized carbons (Fsp3) is 0.125. The molecule has 0 aliphatic heterocycles. The van der Waals surface area contributed by atoms with Gasteiger partial charge < -0.3 is 5.32 Å². The van der Waals surface area contributed by atoms with Crippen molar-refractivity contribution in [2.45, 2.75) is 4.90 Å². The van der Waals surface area contributed by atoms with E-state index in [2.05, 4.69) is 44.6 Å². The fourth-order valence-corrected chi connectivity index (χ4v) is 3.20. The van der Waals surface area contributed by atoms with Crippen molar-refractivity contribution in [1.29, 1.82) is 0 Å². The van der Waals surface area contributed by atoms with E-state index in [9.17, 15) is 0 Å². The van der Waals surface area contributed by atoms with E-state index in [0.29, 0.717) is 0 Å². The van der Waals surface area contributed by atoms with Crippen molar-refractivity contribution in [2.24, 2.45) is 0 Å². The lowest BCUT2D eigenvalue weighted by atomic mass is 10.2. The molecule has 1 heterocycles. The molecule has 0 spiro atoms. The van der Waals surface area contributed by atoms with Gasteiger partial charge in [-0.2, -0.15) is 0 Å². The molecule has 0 bridgehead atoms. The first-order chi connectivity index (χ1) is 10.2. The standard InChI is InChI=1S/C16H14BrN3S/c1-18-15-12-9-10(17)7-8-13(12)19-16(20-15)11-5-3-4-6-14(11)21-2/h3-9H,1-2H3,(H,18,19,20). The minimum Gasteiger partial charge on any atom is -0.373 e. The summed E-state index contributed by atoms with van der Waals surface area (Å²) >= 11 is 5.20. The first-order valence-corrected chi connectivity index (χ1v) is 8.53. The number of anilines is 1. The van der Waals surface area contributed by atoms with Crippen LogP contribution in [0.1, 0.15) is 0 Å². The van der Waals surface area contributed by atoms with Crippen LogP contribution in [0.3, 0.4) is 0 Å². The maximum absolute atomic E-state index is 4.72. The molecule has 0 radical (unpaired) electrons. The number of nitrogens with zero attached hydrogens (tertiary/aromatic N) is 2. The number of thioether (sulfide) groups is 1. The molecule has 2 aromatic carbocycles. The number of fused-ring (bicyclic) bond motifs is 1. The number of nitrogens with one attached hydrogen (secondary N) is 1. The quantitative estimate of drug-likeness (QED) is 0.680. The predicted molar refractivity (Wildman–Crippen MR) is 94.0 cm³/mol. The molecule has 0 amide bonds. The topological polar surface area (TPSA) is 37.8 Å². The van der Waals surface area contributed by atoms with Crippen molar-refractivity contribution in [1.82, 2.24) is 9.97 Å². The molecule has 3 aromatic rings. The Morgan fingerprint density at radius 1 is 1.10 bits per heavy atom. The van der Waals surface area contributed by atoms with E-state index in [1.807, 2.05) is 37.4 Å². The van der Waals surface area contributed by atoms with Crippen LogP contribution >= 0.6 is 27.7 Å². The molecular weight excluding hydrogens is 346 g/mol. The molecule has 1 aromatic heterocycles. The van der Waals surface area contributed by atoms with Crippen molar-refractivity contribution >= 4 is 44.4 Å². The van der Waals surface area contributed by atoms with Gasteiger partial charge in [0.1, 0.15) is 5.82 Å². The summed E-state index contributed by atoms with van der Waals surface area (Å²) in [6, 6.07) is 14.2. The number of aromatic nitrogens is 2. The zero-order valence-corrected chi connectivity index (χ0v) is 14.1. The third kappa shape index (κ3) is 2.76. The molecule has 0 atom stereocenters. The van der Waals surface area contributed by atoms with Crippen LogP contribution in [-0.2, 0) is 0 Å². The second-order valence-corrected chi connectivity index (χ2v) is 6.27. The summed E-state index contributed by atoms with van der Waals surface area (Å²) in [7, 11) is 1.88. The monoisotopic (exact) mass is 359 g/mol. The lowest BCUT2D eigenvalue weighted by Crippen LogP contribution is -1.99. The lowest BCUT2D eigenvalue weighted by molar-refractivity contribution is 1.19. The highest BCUT2D eigenvalue weighted by molar-refractivity contribution is 9.10. The molecule has 106 valence electrons. The normalized spacial score (nSPS) is 10.8. The molecule has 0 aliphatic carbocycles. The molecule has 0 saturated carbocycles. The Morgan fingerprint density at radius 2 is 1.90 bits per heavy atom. The van der Waals surface area contributed by atoms with Gasteiger partial charge >= 0.3 is 0 Å². The van der Waals surface area contributed by atoms with Gasteiger partial charge in [-0.25, -0.2) is 9.97 Å². The van der Waals surface area contributed by atoms with E-state index in [1.165, 1.54) is 4.90 Å². The van der Waals surface area contributed by atoms with Crippen LogP contribution in [0.2, 0.25) is 0 Å². The second-order valence-electron chi connectivity index (χ2n) is 4.51. The van der Waals surface area contributed by atoms with Gasteiger partial charge in [-0.1, -0.05) is 34.1 Å². The molecule has 0 aliphatic rings. The smallest absolute Gasteiger partial charge is 0.163 e. The maximum atomic E-state index is 4.72. The highest BCUT2D eigenvalue weighted by atomic mass is 79.9. The fourth-order valence-electron chi connectivity index (χ4n) is 2.24. The minimum absolute atomic E-state index is 0.749. The third-order valence-electron chi connectivity index (χ3n) is 3.24. The Kier molecular flexibility index (Phi) is 4.12. The molecule has 5 heteroatoms. The molecule has 3 rings (SSSR count). The molecule has 21 heavy (non-hydrogen) atoms. The maximum Gasteiger partial charge on any atom is 0.163 e. The van der Waals surface area contributed by atoms with Gasteiger partial charge in [0.05, 0.1) is 5.52 Å². The van der Waals surface area contributed by atoms with Crippen molar-refractivity contribution in [3.8, 4) is 11.4 Å². The molecule has 0 fully saturated rings. The van der Waals surface area contributed by atoms with Gasteiger partial charge in [0.25, 0.3) is 0 Å². The Morgan fingerprint density at radius 3 is 2.67 bits per heavy atom. The summed E-state index contributed by atoms with van der Waals surface area (Å²) in [5, 5.41) is 4.18. The van der Waals surface area contributed by atoms with Gasteiger partial charge in [0.15, 0.2) is 5.82 Å². The lowest BCUT2D eigenvalue weighted by Gasteiger charge is -2.10. The van der Waals surface area contributed by atoms with Crippen LogP contribution in [0.4, 0.5) is 5.82 Å². The summed E-state index contributed by atoms with van der Waals surface area (Å²) < 4.78 is 1.02. The average Bonchev–Trinajstić information content (AvgIpc) is 2.53. The van der Waals surface area contributed by atoms with E-state index in [1.54, 1.807) is 11.8 Å². The van der Waals surface area contributed by atoms with Crippen LogP contribution in [-0.4, -0.2) is 23.3 Å². The van der Waals surface area contributed by atoms with Crippen molar-refractivity contribution in [3.63, 3.8) is 0 Å². The first kappa shape index (κ1) is 14.4. The van der Waals surface area contributed by atoms with E-state index in [-0.39, 0.29) is 0 Å². The van der Waals surface area contributed by atoms with E-state index < -0.39 is 0 Å². The number of rotatable bonds is 3. The van der Waals surface area contributed by atoms with Crippen LogP contribution in [0, 0.1) is 0 Å². The molecular formula is C16H14BrN3S.